The zero-order chi connectivity index (χ0) is 11.6. The molecule has 0 radical (unpaired) electrons. The van der Waals surface area contributed by atoms with Gasteiger partial charge in [0.25, 0.3) is 0 Å². The minimum Gasteiger partial charge on any atom is -0.379 e. The van der Waals surface area contributed by atoms with E-state index in [0.29, 0.717) is 12.1 Å². The van der Waals surface area contributed by atoms with Crippen LogP contribution in [0.3, 0.4) is 0 Å². The molecule has 1 saturated carbocycles. The van der Waals surface area contributed by atoms with Gasteiger partial charge in [-0.2, -0.15) is 0 Å². The summed E-state index contributed by atoms with van der Waals surface area (Å²) in [5, 5.41) is 3.64. The number of hydrogen-bond donors (Lipinski definition) is 1. The lowest BCUT2D eigenvalue weighted by molar-refractivity contribution is 0.0141. The van der Waals surface area contributed by atoms with Gasteiger partial charge in [-0.25, -0.2) is 0 Å². The molecule has 1 N–H and O–H groups in total. The van der Waals surface area contributed by atoms with Crippen LogP contribution in [0.15, 0.2) is 0 Å². The number of methoxy groups -OCH3 is 1. The Hall–Kier alpha value is -0.120. The van der Waals surface area contributed by atoms with Crippen molar-refractivity contribution in [3.63, 3.8) is 0 Å². The SMILES string of the molecule is COC(C)(C)CCNC1CCOC1C1CC1. The molecule has 2 rings (SSSR count). The molecule has 0 amide bonds. The van der Waals surface area contributed by atoms with Gasteiger partial charge in [-0.3, -0.25) is 0 Å². The summed E-state index contributed by atoms with van der Waals surface area (Å²) in [6, 6.07) is 0.583. The smallest absolute Gasteiger partial charge is 0.0756 e. The van der Waals surface area contributed by atoms with E-state index in [1.165, 1.54) is 19.3 Å². The molecule has 0 bridgehead atoms. The molecule has 0 aromatic heterocycles. The van der Waals surface area contributed by atoms with E-state index in [1.807, 2.05) is 0 Å². The maximum Gasteiger partial charge on any atom is 0.0756 e. The largest absolute Gasteiger partial charge is 0.379 e. The van der Waals surface area contributed by atoms with Crippen molar-refractivity contribution >= 4 is 0 Å². The summed E-state index contributed by atoms with van der Waals surface area (Å²) in [6.07, 6.45) is 5.45. The Morgan fingerprint density at radius 3 is 2.69 bits per heavy atom. The van der Waals surface area contributed by atoms with E-state index in [2.05, 4.69) is 19.2 Å². The van der Waals surface area contributed by atoms with Crippen LogP contribution in [-0.2, 0) is 9.47 Å². The number of hydrogen-bond acceptors (Lipinski definition) is 3. The van der Waals surface area contributed by atoms with Crippen LogP contribution in [0, 0.1) is 5.92 Å². The number of ether oxygens (including phenoxy) is 2. The minimum atomic E-state index is -0.0124. The molecular weight excluding hydrogens is 202 g/mol. The van der Waals surface area contributed by atoms with Gasteiger partial charge < -0.3 is 14.8 Å². The summed E-state index contributed by atoms with van der Waals surface area (Å²) in [5.74, 6) is 0.843. The second kappa shape index (κ2) is 5.03. The molecule has 1 aliphatic heterocycles. The predicted octanol–water partition coefficient (Wildman–Crippen LogP) is 1.96. The molecule has 16 heavy (non-hydrogen) atoms. The molecule has 3 nitrogen and oxygen atoms in total. The van der Waals surface area contributed by atoms with Gasteiger partial charge in [0.05, 0.1) is 11.7 Å². The fraction of sp³-hybridized carbons (Fsp3) is 1.00. The second-order valence-corrected chi connectivity index (χ2v) is 5.74. The van der Waals surface area contributed by atoms with Crippen molar-refractivity contribution in [3.8, 4) is 0 Å². The lowest BCUT2D eigenvalue weighted by Gasteiger charge is -2.25. The van der Waals surface area contributed by atoms with Gasteiger partial charge >= 0.3 is 0 Å². The highest BCUT2D eigenvalue weighted by molar-refractivity contribution is 4.93. The molecule has 94 valence electrons. The third-order valence-corrected chi connectivity index (χ3v) is 3.91. The summed E-state index contributed by atoms with van der Waals surface area (Å²) in [5.41, 5.74) is -0.0124. The molecule has 1 aliphatic carbocycles. The molecule has 2 aliphatic rings. The first kappa shape index (κ1) is 12.3. The van der Waals surface area contributed by atoms with Crippen molar-refractivity contribution in [1.82, 2.24) is 5.32 Å². The van der Waals surface area contributed by atoms with E-state index in [1.54, 1.807) is 7.11 Å². The van der Waals surface area contributed by atoms with Gasteiger partial charge in [-0.05, 0) is 52.0 Å². The molecule has 2 unspecified atom stereocenters. The maximum absolute atomic E-state index is 5.80. The fourth-order valence-electron chi connectivity index (χ4n) is 2.38. The highest BCUT2D eigenvalue weighted by Gasteiger charge is 2.40. The van der Waals surface area contributed by atoms with Gasteiger partial charge in [0.1, 0.15) is 0 Å². The van der Waals surface area contributed by atoms with Gasteiger partial charge in [-0.1, -0.05) is 0 Å². The quantitative estimate of drug-likeness (QED) is 0.752. The van der Waals surface area contributed by atoms with Crippen molar-refractivity contribution in [1.29, 1.82) is 0 Å². The molecule has 1 heterocycles. The Balaban J connectivity index is 1.69. The Morgan fingerprint density at radius 1 is 1.31 bits per heavy atom. The molecule has 0 spiro atoms. The van der Waals surface area contributed by atoms with Gasteiger partial charge in [0, 0.05) is 19.8 Å². The molecule has 1 saturated heterocycles. The van der Waals surface area contributed by atoms with E-state index >= 15 is 0 Å². The zero-order valence-electron chi connectivity index (χ0n) is 10.8. The molecule has 0 aromatic carbocycles. The maximum atomic E-state index is 5.80. The zero-order valence-corrected chi connectivity index (χ0v) is 10.8. The van der Waals surface area contributed by atoms with E-state index in [-0.39, 0.29) is 5.60 Å². The third-order valence-electron chi connectivity index (χ3n) is 3.91. The van der Waals surface area contributed by atoms with Crippen molar-refractivity contribution < 1.29 is 9.47 Å². The minimum absolute atomic E-state index is 0.0124. The lowest BCUT2D eigenvalue weighted by atomic mass is 10.0. The highest BCUT2D eigenvalue weighted by Crippen LogP contribution is 2.38. The molecular formula is C13H25NO2. The average molecular weight is 227 g/mol. The van der Waals surface area contributed by atoms with Crippen molar-refractivity contribution in [3.05, 3.63) is 0 Å². The Labute approximate surface area is 98.9 Å². The van der Waals surface area contributed by atoms with Crippen LogP contribution in [0.2, 0.25) is 0 Å². The standard InChI is InChI=1S/C13H25NO2/c1-13(2,15-3)7-8-14-11-6-9-16-12(11)10-4-5-10/h10-12,14H,4-9H2,1-3H3. The van der Waals surface area contributed by atoms with Crippen LogP contribution in [0.4, 0.5) is 0 Å². The van der Waals surface area contributed by atoms with Crippen molar-refractivity contribution in [2.24, 2.45) is 5.92 Å². The molecule has 2 atom stereocenters. The van der Waals surface area contributed by atoms with E-state index in [4.69, 9.17) is 9.47 Å². The monoisotopic (exact) mass is 227 g/mol. The Kier molecular flexibility index (Phi) is 3.88. The summed E-state index contributed by atoms with van der Waals surface area (Å²) in [6.45, 7) is 6.24. The van der Waals surface area contributed by atoms with Crippen LogP contribution in [0.1, 0.15) is 39.5 Å². The number of rotatable bonds is 6. The topological polar surface area (TPSA) is 30.5 Å². The molecule has 2 fully saturated rings. The predicted molar refractivity (Wildman–Crippen MR) is 64.6 cm³/mol. The van der Waals surface area contributed by atoms with Gasteiger partial charge in [0.15, 0.2) is 0 Å². The first-order chi connectivity index (χ1) is 7.62. The first-order valence-electron chi connectivity index (χ1n) is 6.52. The third kappa shape index (κ3) is 3.19. The lowest BCUT2D eigenvalue weighted by Crippen LogP contribution is -2.40. The molecule has 3 heteroatoms. The average Bonchev–Trinajstić information content (AvgIpc) is 2.99. The van der Waals surface area contributed by atoms with Crippen LogP contribution < -0.4 is 5.32 Å². The summed E-state index contributed by atoms with van der Waals surface area (Å²) in [7, 11) is 1.78. The van der Waals surface area contributed by atoms with Gasteiger partial charge in [0.2, 0.25) is 0 Å². The summed E-state index contributed by atoms with van der Waals surface area (Å²) >= 11 is 0. The van der Waals surface area contributed by atoms with Crippen molar-refractivity contribution in [2.45, 2.75) is 57.3 Å². The van der Waals surface area contributed by atoms with Gasteiger partial charge in [-0.15, -0.1) is 0 Å². The van der Waals surface area contributed by atoms with E-state index in [0.717, 1.165) is 25.5 Å². The fourth-order valence-corrected chi connectivity index (χ4v) is 2.38. The van der Waals surface area contributed by atoms with E-state index in [9.17, 15) is 0 Å². The van der Waals surface area contributed by atoms with Crippen LogP contribution >= 0.6 is 0 Å². The Bertz CT molecular complexity index is 226. The highest BCUT2D eigenvalue weighted by atomic mass is 16.5. The summed E-state index contributed by atoms with van der Waals surface area (Å²) < 4.78 is 11.2. The Morgan fingerprint density at radius 2 is 2.06 bits per heavy atom. The number of nitrogens with one attached hydrogen (secondary N) is 1. The van der Waals surface area contributed by atoms with E-state index < -0.39 is 0 Å². The normalized spacial score (nSPS) is 30.9. The summed E-state index contributed by atoms with van der Waals surface area (Å²) in [4.78, 5) is 0. The van der Waals surface area contributed by atoms with Crippen LogP contribution in [-0.4, -0.2) is 38.0 Å². The van der Waals surface area contributed by atoms with Crippen molar-refractivity contribution in [2.75, 3.05) is 20.3 Å². The second-order valence-electron chi connectivity index (χ2n) is 5.74. The first-order valence-corrected chi connectivity index (χ1v) is 6.52. The van der Waals surface area contributed by atoms with Crippen LogP contribution in [0.25, 0.3) is 0 Å². The molecule has 0 aromatic rings. The van der Waals surface area contributed by atoms with Crippen LogP contribution in [0.5, 0.6) is 0 Å².